The Labute approximate surface area is 605 Å². The molecule has 0 saturated carbocycles. The van der Waals surface area contributed by atoms with E-state index < -0.39 is 97.5 Å². The lowest BCUT2D eigenvalue weighted by molar-refractivity contribution is -0.161. The van der Waals surface area contributed by atoms with Crippen LogP contribution in [0.25, 0.3) is 0 Å². The van der Waals surface area contributed by atoms with Crippen LogP contribution in [-0.4, -0.2) is 96.7 Å². The van der Waals surface area contributed by atoms with Gasteiger partial charge in [0.1, 0.15) is 19.3 Å². The molecule has 0 aliphatic heterocycles. The molecule has 0 radical (unpaired) electrons. The third kappa shape index (κ3) is 73.6. The van der Waals surface area contributed by atoms with Gasteiger partial charge in [0.25, 0.3) is 0 Å². The Morgan fingerprint density at radius 2 is 0.545 bits per heavy atom. The van der Waals surface area contributed by atoms with E-state index in [0.29, 0.717) is 25.7 Å². The molecule has 0 rings (SSSR count). The number of ether oxygens (including phenoxy) is 4. The van der Waals surface area contributed by atoms with Gasteiger partial charge in [-0.05, 0) is 63.2 Å². The Balaban J connectivity index is 5.30. The normalized spacial score (nSPS) is 14.1. The van der Waals surface area contributed by atoms with Crippen molar-refractivity contribution in [1.82, 2.24) is 0 Å². The van der Waals surface area contributed by atoms with E-state index in [2.05, 4.69) is 65.8 Å². The lowest BCUT2D eigenvalue weighted by atomic mass is 10.0. The van der Waals surface area contributed by atoms with Gasteiger partial charge in [-0.3, -0.25) is 37.3 Å². The highest BCUT2D eigenvalue weighted by atomic mass is 31.2. The van der Waals surface area contributed by atoms with E-state index in [9.17, 15) is 43.2 Å². The van der Waals surface area contributed by atoms with Gasteiger partial charge in [-0.1, -0.05) is 342 Å². The minimum Gasteiger partial charge on any atom is -0.462 e. The summed E-state index contributed by atoms with van der Waals surface area (Å²) in [5, 5.41) is 10.6. The summed E-state index contributed by atoms with van der Waals surface area (Å²) in [6.07, 6.45) is 63.1. The highest BCUT2D eigenvalue weighted by Gasteiger charge is 2.30. The quantitative estimate of drug-likeness (QED) is 0.0169. The van der Waals surface area contributed by atoms with Crippen molar-refractivity contribution in [2.45, 2.75) is 413 Å². The fraction of sp³-hybridized carbons (Fsp3) is 0.900. The molecule has 0 heterocycles. The summed E-state index contributed by atoms with van der Waals surface area (Å²) in [6, 6.07) is 0. The number of carbonyl (C=O) groups is 4. The Morgan fingerprint density at radius 1 is 0.313 bits per heavy atom. The van der Waals surface area contributed by atoms with E-state index in [-0.39, 0.29) is 25.7 Å². The summed E-state index contributed by atoms with van der Waals surface area (Å²) in [5.74, 6) is -0.604. The third-order valence-corrected chi connectivity index (χ3v) is 20.0. The van der Waals surface area contributed by atoms with Crippen LogP contribution in [-0.2, 0) is 65.4 Å². The molecule has 19 heteroatoms. The zero-order valence-corrected chi connectivity index (χ0v) is 66.1. The van der Waals surface area contributed by atoms with Gasteiger partial charge in [0.2, 0.25) is 0 Å². The Hall–Kier alpha value is -2.46. The number of hydrogen-bond acceptors (Lipinski definition) is 15. The van der Waals surface area contributed by atoms with E-state index in [1.165, 1.54) is 193 Å². The second-order valence-electron chi connectivity index (χ2n) is 29.1. The molecule has 584 valence electrons. The minimum absolute atomic E-state index is 0.101. The van der Waals surface area contributed by atoms with Crippen LogP contribution in [0.2, 0.25) is 0 Å². The molecule has 0 aliphatic rings. The molecule has 0 amide bonds. The van der Waals surface area contributed by atoms with Crippen LogP contribution in [0.1, 0.15) is 395 Å². The predicted molar refractivity (Wildman–Crippen MR) is 404 cm³/mol. The van der Waals surface area contributed by atoms with Crippen LogP contribution in [0.3, 0.4) is 0 Å². The van der Waals surface area contributed by atoms with Gasteiger partial charge in [-0.25, -0.2) is 9.13 Å². The smallest absolute Gasteiger partial charge is 0.462 e. The molecule has 0 spiro atoms. The van der Waals surface area contributed by atoms with Gasteiger partial charge in [-0.2, -0.15) is 0 Å². The average Bonchev–Trinajstić information content (AvgIpc) is 1.08. The maximum atomic E-state index is 13.1. The number of allylic oxidation sites excluding steroid dienone is 4. The van der Waals surface area contributed by atoms with Crippen LogP contribution in [0.4, 0.5) is 0 Å². The maximum Gasteiger partial charge on any atom is 0.472 e. The van der Waals surface area contributed by atoms with Crippen LogP contribution in [0.15, 0.2) is 24.3 Å². The summed E-state index contributed by atoms with van der Waals surface area (Å²) in [4.78, 5) is 73.0. The lowest BCUT2D eigenvalue weighted by Crippen LogP contribution is -2.30. The topological polar surface area (TPSA) is 237 Å². The number of phosphoric acid groups is 2. The van der Waals surface area contributed by atoms with Crippen molar-refractivity contribution in [3.05, 3.63) is 24.3 Å². The van der Waals surface area contributed by atoms with Gasteiger partial charge in [0, 0.05) is 25.7 Å². The number of unbranched alkanes of at least 4 members (excludes halogenated alkanes) is 44. The molecule has 0 aliphatic carbocycles. The van der Waals surface area contributed by atoms with E-state index in [0.717, 1.165) is 121 Å². The zero-order valence-electron chi connectivity index (χ0n) is 64.3. The third-order valence-electron chi connectivity index (χ3n) is 18.1. The maximum absolute atomic E-state index is 13.1. The zero-order chi connectivity index (χ0) is 72.8. The summed E-state index contributed by atoms with van der Waals surface area (Å²) in [6.45, 7) is 9.57. The SMILES string of the molecule is CCCCCC/C=C\C=C/CCCCCCCC(=O)OC[C@H](COP(=O)(O)OC[C@@H](O)COP(=O)(O)OC[C@@H](COC(=O)CCCCCCCCCCCC(C)C)OC(=O)CCCCCCCCCCCCCCCCC)OC(=O)CCCCCCCCCCCCCCCCC(C)C. The number of esters is 4. The molecule has 0 aromatic heterocycles. The first kappa shape index (κ1) is 96.5. The van der Waals surface area contributed by atoms with E-state index in [1.807, 2.05) is 0 Å². The number of rotatable bonds is 77. The first-order chi connectivity index (χ1) is 47.9. The molecular weight excluding hydrogens is 1290 g/mol. The molecule has 0 bridgehead atoms. The lowest BCUT2D eigenvalue weighted by Gasteiger charge is -2.21. The van der Waals surface area contributed by atoms with Crippen molar-refractivity contribution in [3.63, 3.8) is 0 Å². The molecule has 0 aromatic rings. The van der Waals surface area contributed by atoms with Crippen molar-refractivity contribution >= 4 is 39.5 Å². The fourth-order valence-corrected chi connectivity index (χ4v) is 13.4. The highest BCUT2D eigenvalue weighted by molar-refractivity contribution is 7.47. The van der Waals surface area contributed by atoms with Gasteiger partial charge >= 0.3 is 39.5 Å². The molecule has 0 fully saturated rings. The summed E-state index contributed by atoms with van der Waals surface area (Å²) in [7, 11) is -9.93. The summed E-state index contributed by atoms with van der Waals surface area (Å²) < 4.78 is 68.7. The molecule has 0 aromatic carbocycles. The fourth-order valence-electron chi connectivity index (χ4n) is 11.8. The number of hydrogen-bond donors (Lipinski definition) is 3. The average molecular weight is 1450 g/mol. The van der Waals surface area contributed by atoms with Gasteiger partial charge in [0.05, 0.1) is 26.4 Å². The van der Waals surface area contributed by atoms with Crippen molar-refractivity contribution in [2.75, 3.05) is 39.6 Å². The molecular formula is C80H152O17P2. The van der Waals surface area contributed by atoms with Crippen LogP contribution in [0.5, 0.6) is 0 Å². The second-order valence-corrected chi connectivity index (χ2v) is 32.0. The number of phosphoric ester groups is 2. The number of aliphatic hydroxyl groups is 1. The number of carbonyl (C=O) groups excluding carboxylic acids is 4. The molecule has 99 heavy (non-hydrogen) atoms. The van der Waals surface area contributed by atoms with Crippen molar-refractivity contribution in [2.24, 2.45) is 11.8 Å². The molecule has 0 saturated heterocycles. The van der Waals surface area contributed by atoms with Crippen LogP contribution in [0, 0.1) is 11.8 Å². The van der Waals surface area contributed by atoms with Gasteiger partial charge < -0.3 is 33.8 Å². The van der Waals surface area contributed by atoms with Crippen LogP contribution >= 0.6 is 15.6 Å². The van der Waals surface area contributed by atoms with Crippen molar-refractivity contribution in [3.8, 4) is 0 Å². The van der Waals surface area contributed by atoms with Crippen LogP contribution < -0.4 is 0 Å². The van der Waals surface area contributed by atoms with Gasteiger partial charge in [0.15, 0.2) is 12.2 Å². The van der Waals surface area contributed by atoms with E-state index in [4.69, 9.17) is 37.0 Å². The number of aliphatic hydroxyl groups excluding tert-OH is 1. The standard InChI is InChI=1S/C80H152O17P2/c1-7-9-11-13-15-17-19-21-23-28-32-38-44-50-56-62-77(82)90-68-75(96-80(85)65-59-53-47-40-34-30-26-25-27-31-36-42-48-54-60-72(3)4)70-94-98(86,87)92-66-74(81)67-93-99(88,89)95-71-76(69-91-78(83)63-57-51-45-41-35-37-43-49-55-61-73(5)6)97-79(84)64-58-52-46-39-33-29-24-22-20-18-16-14-12-10-8-2/h17,19,21,23,72-76,81H,7-16,18,20,22,24-71H2,1-6H3,(H,86,87)(H,88,89)/b19-17-,23-21-/t74-,75-,76-/m1/s1. The predicted octanol–water partition coefficient (Wildman–Crippen LogP) is 23.4. The van der Waals surface area contributed by atoms with Crippen molar-refractivity contribution in [1.29, 1.82) is 0 Å². The van der Waals surface area contributed by atoms with E-state index >= 15 is 0 Å². The Kier molecular flexibility index (Phi) is 69.4. The summed E-state index contributed by atoms with van der Waals surface area (Å²) in [5.41, 5.74) is 0. The summed E-state index contributed by atoms with van der Waals surface area (Å²) >= 11 is 0. The molecule has 3 N–H and O–H groups in total. The van der Waals surface area contributed by atoms with Crippen molar-refractivity contribution < 1.29 is 80.2 Å². The highest BCUT2D eigenvalue weighted by Crippen LogP contribution is 2.45. The molecule has 17 nitrogen and oxygen atoms in total. The second kappa shape index (κ2) is 71.2. The largest absolute Gasteiger partial charge is 0.472 e. The first-order valence-electron chi connectivity index (χ1n) is 40.8. The molecule has 2 unspecified atom stereocenters. The molecule has 5 atom stereocenters. The van der Waals surface area contributed by atoms with E-state index in [1.54, 1.807) is 0 Å². The first-order valence-corrected chi connectivity index (χ1v) is 43.8. The Bertz CT molecular complexity index is 2000. The Morgan fingerprint density at radius 3 is 0.828 bits per heavy atom. The van der Waals surface area contributed by atoms with Gasteiger partial charge in [-0.15, -0.1) is 0 Å². The monoisotopic (exact) mass is 1450 g/mol. The minimum atomic E-state index is -4.97.